The van der Waals surface area contributed by atoms with Crippen LogP contribution in [0.4, 0.5) is 18.0 Å². The summed E-state index contributed by atoms with van der Waals surface area (Å²) in [6, 6.07) is 23.6. The molecule has 0 aromatic heterocycles. The average Bonchev–Trinajstić information content (AvgIpc) is 3.17. The second-order valence-electron chi connectivity index (χ2n) is 9.46. The Balaban J connectivity index is 1.27. The quantitative estimate of drug-likeness (QED) is 0.428. The van der Waals surface area contributed by atoms with Gasteiger partial charge in [-0.3, -0.25) is 0 Å². The van der Waals surface area contributed by atoms with Crippen molar-refractivity contribution in [1.82, 2.24) is 5.32 Å². The Hall–Kier alpha value is -3.85. The number of rotatable bonds is 7. The fourth-order valence-corrected chi connectivity index (χ4v) is 5.23. The van der Waals surface area contributed by atoms with E-state index in [2.05, 4.69) is 5.32 Å². The number of halogens is 3. The van der Waals surface area contributed by atoms with Crippen molar-refractivity contribution in [2.45, 2.75) is 42.7 Å². The lowest BCUT2D eigenvalue weighted by atomic mass is 9.64. The number of benzene rings is 3. The molecule has 1 amide bonds. The summed E-state index contributed by atoms with van der Waals surface area (Å²) in [5.74, 6) is -1.85. The molecule has 0 saturated heterocycles. The molecule has 0 aliphatic heterocycles. The first kappa shape index (κ1) is 24.8. The Labute approximate surface area is 211 Å². The second-order valence-corrected chi connectivity index (χ2v) is 9.46. The van der Waals surface area contributed by atoms with Crippen molar-refractivity contribution in [2.75, 3.05) is 6.61 Å². The van der Waals surface area contributed by atoms with E-state index >= 15 is 0 Å². The monoisotopic (exact) mass is 511 g/mol. The second kappa shape index (κ2) is 9.23. The number of carboxylic acids is 1. The Kier molecular flexibility index (Phi) is 6.19. The predicted molar refractivity (Wildman–Crippen MR) is 128 cm³/mol. The van der Waals surface area contributed by atoms with E-state index in [-0.39, 0.29) is 19.1 Å². The van der Waals surface area contributed by atoms with Crippen LogP contribution in [0.3, 0.4) is 0 Å². The standard InChI is InChI=1S/C28H24F3NO5/c29-28(30,31)27(37-14-18-8-2-1-3-9-18)16-26(17-27,24(33)34)32-25(35)36-15-23-21-12-6-4-10-19(21)20-11-5-7-13-22(20)23/h1-13,23H,14-17H2,(H,32,35)(H,33,34). The number of ether oxygens (including phenoxy) is 2. The summed E-state index contributed by atoms with van der Waals surface area (Å²) in [7, 11) is 0. The molecule has 2 N–H and O–H groups in total. The van der Waals surface area contributed by atoms with Gasteiger partial charge in [-0.05, 0) is 27.8 Å². The van der Waals surface area contributed by atoms with Crippen LogP contribution in [-0.2, 0) is 20.9 Å². The van der Waals surface area contributed by atoms with Gasteiger partial charge < -0.3 is 19.9 Å². The van der Waals surface area contributed by atoms with E-state index in [0.717, 1.165) is 22.3 Å². The van der Waals surface area contributed by atoms with Crippen LogP contribution in [0, 0.1) is 0 Å². The minimum absolute atomic E-state index is 0.0928. The predicted octanol–water partition coefficient (Wildman–Crippen LogP) is 5.66. The average molecular weight is 511 g/mol. The van der Waals surface area contributed by atoms with Gasteiger partial charge in [-0.1, -0.05) is 78.9 Å². The third-order valence-electron chi connectivity index (χ3n) is 7.14. The van der Waals surface area contributed by atoms with Crippen molar-refractivity contribution in [2.24, 2.45) is 0 Å². The number of hydrogen-bond acceptors (Lipinski definition) is 4. The largest absolute Gasteiger partial charge is 0.479 e. The van der Waals surface area contributed by atoms with Crippen LogP contribution in [0.2, 0.25) is 0 Å². The van der Waals surface area contributed by atoms with Gasteiger partial charge in [0.2, 0.25) is 0 Å². The maximum Gasteiger partial charge on any atom is 0.417 e. The maximum absolute atomic E-state index is 14.0. The molecule has 5 rings (SSSR count). The van der Waals surface area contributed by atoms with Crippen LogP contribution in [0.5, 0.6) is 0 Å². The topological polar surface area (TPSA) is 84.9 Å². The molecule has 0 atom stereocenters. The van der Waals surface area contributed by atoms with Gasteiger partial charge >= 0.3 is 18.2 Å². The fourth-order valence-electron chi connectivity index (χ4n) is 5.23. The Morgan fingerprint density at radius 1 is 0.892 bits per heavy atom. The lowest BCUT2D eigenvalue weighted by Crippen LogP contribution is -2.74. The smallest absolute Gasteiger partial charge is 0.417 e. The molecule has 0 unspecified atom stereocenters. The molecule has 0 bridgehead atoms. The number of amides is 1. The normalized spacial score (nSPS) is 22.5. The third-order valence-corrected chi connectivity index (χ3v) is 7.14. The summed E-state index contributed by atoms with van der Waals surface area (Å²) in [5.41, 5.74) is -0.398. The number of carbonyl (C=O) groups excluding carboxylic acids is 1. The number of nitrogens with one attached hydrogen (secondary N) is 1. The highest BCUT2D eigenvalue weighted by Gasteiger charge is 2.72. The molecule has 0 heterocycles. The Bertz CT molecular complexity index is 1270. The zero-order valence-corrected chi connectivity index (χ0v) is 19.6. The molecule has 0 spiro atoms. The minimum atomic E-state index is -4.83. The van der Waals surface area contributed by atoms with Gasteiger partial charge in [0, 0.05) is 18.8 Å². The summed E-state index contributed by atoms with van der Waals surface area (Å²) < 4.78 is 52.5. The fraction of sp³-hybridized carbons (Fsp3) is 0.286. The highest BCUT2D eigenvalue weighted by Crippen LogP contribution is 2.54. The number of aliphatic carboxylic acids is 1. The number of fused-ring (bicyclic) bond motifs is 3. The Morgan fingerprint density at radius 3 is 1.97 bits per heavy atom. The van der Waals surface area contributed by atoms with E-state index in [1.807, 2.05) is 48.5 Å². The van der Waals surface area contributed by atoms with Crippen LogP contribution < -0.4 is 5.32 Å². The van der Waals surface area contributed by atoms with Gasteiger partial charge in [0.15, 0.2) is 5.60 Å². The van der Waals surface area contributed by atoms with Crippen molar-refractivity contribution in [1.29, 1.82) is 0 Å². The van der Waals surface area contributed by atoms with Gasteiger partial charge in [0.05, 0.1) is 6.61 Å². The highest BCUT2D eigenvalue weighted by molar-refractivity contribution is 5.86. The van der Waals surface area contributed by atoms with E-state index in [4.69, 9.17) is 9.47 Å². The zero-order valence-electron chi connectivity index (χ0n) is 19.6. The minimum Gasteiger partial charge on any atom is -0.479 e. The van der Waals surface area contributed by atoms with Gasteiger partial charge in [-0.15, -0.1) is 0 Å². The number of alkyl halides is 3. The van der Waals surface area contributed by atoms with E-state index in [0.29, 0.717) is 5.56 Å². The number of alkyl carbamates (subject to hydrolysis) is 1. The Morgan fingerprint density at radius 2 is 1.43 bits per heavy atom. The lowest BCUT2D eigenvalue weighted by molar-refractivity contribution is -0.323. The summed E-state index contributed by atoms with van der Waals surface area (Å²) in [4.78, 5) is 24.7. The third kappa shape index (κ3) is 4.44. The van der Waals surface area contributed by atoms with Crippen LogP contribution >= 0.6 is 0 Å². The van der Waals surface area contributed by atoms with Crippen LogP contribution in [0.25, 0.3) is 11.1 Å². The van der Waals surface area contributed by atoms with E-state index in [9.17, 15) is 27.9 Å². The number of carbonyl (C=O) groups is 2. The first-order valence-electron chi connectivity index (χ1n) is 11.8. The van der Waals surface area contributed by atoms with Crippen LogP contribution in [0.15, 0.2) is 78.9 Å². The lowest BCUT2D eigenvalue weighted by Gasteiger charge is -2.53. The molecule has 1 fully saturated rings. The first-order chi connectivity index (χ1) is 17.6. The number of hydrogen-bond donors (Lipinski definition) is 2. The van der Waals surface area contributed by atoms with Gasteiger partial charge in [0.25, 0.3) is 0 Å². The van der Waals surface area contributed by atoms with Crippen molar-refractivity contribution in [3.63, 3.8) is 0 Å². The van der Waals surface area contributed by atoms with Crippen LogP contribution in [0.1, 0.15) is 35.4 Å². The molecule has 1 saturated carbocycles. The summed E-state index contributed by atoms with van der Waals surface area (Å²) in [6.07, 6.45) is -7.85. The van der Waals surface area contributed by atoms with Crippen LogP contribution in [-0.4, -0.2) is 41.1 Å². The molecular weight excluding hydrogens is 487 g/mol. The molecule has 9 heteroatoms. The molecule has 6 nitrogen and oxygen atoms in total. The van der Waals surface area contributed by atoms with E-state index in [1.165, 1.54) is 0 Å². The molecule has 2 aliphatic carbocycles. The summed E-state index contributed by atoms with van der Waals surface area (Å²) in [5, 5.41) is 11.9. The first-order valence-corrected chi connectivity index (χ1v) is 11.8. The molecule has 3 aromatic carbocycles. The van der Waals surface area contributed by atoms with Crippen molar-refractivity contribution in [3.05, 3.63) is 95.6 Å². The maximum atomic E-state index is 14.0. The molecule has 192 valence electrons. The van der Waals surface area contributed by atoms with Crippen molar-refractivity contribution < 1.29 is 37.3 Å². The van der Waals surface area contributed by atoms with E-state index < -0.39 is 42.2 Å². The number of carboxylic acid groups (broad SMARTS) is 1. The van der Waals surface area contributed by atoms with E-state index in [1.54, 1.807) is 30.3 Å². The van der Waals surface area contributed by atoms with Crippen molar-refractivity contribution in [3.8, 4) is 11.1 Å². The van der Waals surface area contributed by atoms with Gasteiger partial charge in [-0.2, -0.15) is 13.2 Å². The summed E-state index contributed by atoms with van der Waals surface area (Å²) >= 11 is 0. The molecule has 37 heavy (non-hydrogen) atoms. The zero-order chi connectivity index (χ0) is 26.3. The van der Waals surface area contributed by atoms with Crippen molar-refractivity contribution >= 4 is 12.1 Å². The van der Waals surface area contributed by atoms with Gasteiger partial charge in [-0.25, -0.2) is 9.59 Å². The highest BCUT2D eigenvalue weighted by atomic mass is 19.4. The molecule has 0 radical (unpaired) electrons. The molecule has 2 aliphatic rings. The SMILES string of the molecule is O=C(NC1(C(=O)O)CC(OCc2ccccc2)(C(F)(F)F)C1)OCC1c2ccccc2-c2ccccc21. The molecular formula is C28H24F3NO5. The van der Waals surface area contributed by atoms with Gasteiger partial charge in [0.1, 0.15) is 12.1 Å². The summed E-state index contributed by atoms with van der Waals surface area (Å²) in [6.45, 7) is -0.439. The molecule has 3 aromatic rings.